The lowest BCUT2D eigenvalue weighted by molar-refractivity contribution is -0.124. The number of amides is 1. The molecule has 1 atom stereocenters. The molecule has 0 saturated carbocycles. The molecule has 1 unspecified atom stereocenters. The van der Waals surface area contributed by atoms with Gasteiger partial charge in [-0.15, -0.1) is 11.3 Å². The van der Waals surface area contributed by atoms with E-state index in [9.17, 15) is 4.79 Å². The van der Waals surface area contributed by atoms with Crippen molar-refractivity contribution in [1.29, 1.82) is 0 Å². The van der Waals surface area contributed by atoms with Crippen LogP contribution in [0.3, 0.4) is 0 Å². The van der Waals surface area contributed by atoms with Crippen molar-refractivity contribution in [3.63, 3.8) is 0 Å². The average molecular weight is 278 g/mol. The van der Waals surface area contributed by atoms with Crippen molar-refractivity contribution < 1.29 is 9.21 Å². The topological polar surface area (TPSA) is 55.1 Å². The van der Waals surface area contributed by atoms with E-state index < -0.39 is 0 Å². The van der Waals surface area contributed by atoms with Gasteiger partial charge < -0.3 is 9.73 Å². The van der Waals surface area contributed by atoms with Crippen LogP contribution in [0.1, 0.15) is 31.0 Å². The molecule has 1 amide bonds. The molecule has 1 N–H and O–H groups in total. The molecule has 0 saturated heterocycles. The Balaban J connectivity index is 1.96. The molecule has 102 valence electrons. The zero-order valence-corrected chi connectivity index (χ0v) is 12.2. The van der Waals surface area contributed by atoms with Crippen molar-refractivity contribution in [3.05, 3.63) is 28.3 Å². The minimum Gasteiger partial charge on any atom is -0.458 e. The third-order valence-electron chi connectivity index (χ3n) is 3.03. The van der Waals surface area contributed by atoms with Gasteiger partial charge in [0.05, 0.1) is 11.6 Å². The Labute approximate surface area is 116 Å². The maximum Gasteiger partial charge on any atom is 0.223 e. The van der Waals surface area contributed by atoms with Gasteiger partial charge in [0.2, 0.25) is 5.91 Å². The van der Waals surface area contributed by atoms with Crippen LogP contribution in [0.25, 0.3) is 11.5 Å². The normalized spacial score (nSPS) is 12.4. The first-order valence-electron chi connectivity index (χ1n) is 6.39. The lowest BCUT2D eigenvalue weighted by Crippen LogP contribution is -2.28. The zero-order chi connectivity index (χ0) is 13.8. The highest BCUT2D eigenvalue weighted by molar-refractivity contribution is 7.09. The summed E-state index contributed by atoms with van der Waals surface area (Å²) in [7, 11) is 0. The summed E-state index contributed by atoms with van der Waals surface area (Å²) >= 11 is 1.59. The summed E-state index contributed by atoms with van der Waals surface area (Å²) in [5.41, 5.74) is 0.849. The van der Waals surface area contributed by atoms with Crippen molar-refractivity contribution in [1.82, 2.24) is 10.3 Å². The number of hydrogen-bond acceptors (Lipinski definition) is 4. The second kappa shape index (κ2) is 6.02. The summed E-state index contributed by atoms with van der Waals surface area (Å²) in [5, 5.41) is 5.85. The van der Waals surface area contributed by atoms with Gasteiger partial charge in [0.25, 0.3) is 0 Å². The highest BCUT2D eigenvalue weighted by Gasteiger charge is 2.12. The fourth-order valence-electron chi connectivity index (χ4n) is 1.62. The van der Waals surface area contributed by atoms with Gasteiger partial charge in [-0.25, -0.2) is 4.98 Å². The first-order valence-corrected chi connectivity index (χ1v) is 7.27. The maximum atomic E-state index is 11.7. The van der Waals surface area contributed by atoms with Crippen LogP contribution < -0.4 is 5.32 Å². The van der Waals surface area contributed by atoms with Crippen molar-refractivity contribution >= 4 is 17.2 Å². The summed E-state index contributed by atoms with van der Waals surface area (Å²) in [5.74, 6) is 1.59. The Morgan fingerprint density at radius 2 is 2.32 bits per heavy atom. The number of aromatic nitrogens is 1. The van der Waals surface area contributed by atoms with Gasteiger partial charge in [0.1, 0.15) is 11.5 Å². The summed E-state index contributed by atoms with van der Waals surface area (Å²) in [6.45, 7) is 6.30. The van der Waals surface area contributed by atoms with E-state index in [1.54, 1.807) is 11.3 Å². The lowest BCUT2D eigenvalue weighted by Gasteiger charge is -2.08. The van der Waals surface area contributed by atoms with Crippen molar-refractivity contribution in [2.45, 2.75) is 33.7 Å². The van der Waals surface area contributed by atoms with E-state index in [1.807, 2.05) is 38.3 Å². The van der Waals surface area contributed by atoms with Crippen LogP contribution in [0.2, 0.25) is 0 Å². The van der Waals surface area contributed by atoms with Crippen LogP contribution in [-0.2, 0) is 11.3 Å². The average Bonchev–Trinajstić information content (AvgIpc) is 3.03. The molecule has 5 heteroatoms. The highest BCUT2D eigenvalue weighted by Crippen LogP contribution is 2.23. The first kappa shape index (κ1) is 13.8. The molecule has 0 aromatic carbocycles. The number of nitrogens with one attached hydrogen (secondary N) is 1. The second-order valence-electron chi connectivity index (χ2n) is 4.54. The first-order chi connectivity index (χ1) is 9.10. The zero-order valence-electron chi connectivity index (χ0n) is 11.4. The quantitative estimate of drug-likeness (QED) is 0.912. The number of hydrogen-bond donors (Lipinski definition) is 1. The molecule has 4 nitrogen and oxygen atoms in total. The third kappa shape index (κ3) is 3.44. The number of aryl methyl sites for hydroxylation is 1. The molecule has 0 spiro atoms. The Morgan fingerprint density at radius 1 is 1.53 bits per heavy atom. The molecule has 2 aromatic rings. The fourth-order valence-corrected chi connectivity index (χ4v) is 2.22. The molecule has 0 fully saturated rings. The van der Waals surface area contributed by atoms with Gasteiger partial charge in [-0.2, -0.15) is 0 Å². The van der Waals surface area contributed by atoms with Gasteiger partial charge in [-0.05, 0) is 25.5 Å². The predicted octanol–water partition coefficient (Wildman–Crippen LogP) is 3.37. The Hall–Kier alpha value is -1.62. The molecule has 0 radical (unpaired) electrons. The van der Waals surface area contributed by atoms with Gasteiger partial charge in [0, 0.05) is 11.3 Å². The molecule has 19 heavy (non-hydrogen) atoms. The standard InChI is InChI=1S/C14H18N2O2S/c1-4-9(2)14(17)15-7-11-5-6-13(18-11)12-8-19-10(3)16-12/h5-6,8-9H,4,7H2,1-3H3,(H,15,17). The van der Waals surface area contributed by atoms with E-state index in [0.29, 0.717) is 6.54 Å². The molecular formula is C14H18N2O2S. The Morgan fingerprint density at radius 3 is 2.95 bits per heavy atom. The van der Waals surface area contributed by atoms with Gasteiger partial charge in [-0.3, -0.25) is 4.79 Å². The molecule has 0 aliphatic heterocycles. The van der Waals surface area contributed by atoms with Crippen LogP contribution in [0.4, 0.5) is 0 Å². The number of rotatable bonds is 5. The molecule has 2 heterocycles. The number of furan rings is 1. The van der Waals surface area contributed by atoms with Crippen LogP contribution in [0.5, 0.6) is 0 Å². The Kier molecular flexibility index (Phi) is 4.37. The summed E-state index contributed by atoms with van der Waals surface area (Å²) in [6.07, 6.45) is 0.841. The van der Waals surface area contributed by atoms with Crippen LogP contribution in [0.15, 0.2) is 21.9 Å². The minimum absolute atomic E-state index is 0.0376. The van der Waals surface area contributed by atoms with E-state index in [-0.39, 0.29) is 11.8 Å². The SMILES string of the molecule is CCC(C)C(=O)NCc1ccc(-c2csc(C)n2)o1. The molecule has 0 aliphatic carbocycles. The van der Waals surface area contributed by atoms with Crippen molar-refractivity contribution in [2.24, 2.45) is 5.92 Å². The predicted molar refractivity (Wildman–Crippen MR) is 75.9 cm³/mol. The van der Waals surface area contributed by atoms with E-state index in [1.165, 1.54) is 0 Å². The van der Waals surface area contributed by atoms with E-state index in [2.05, 4.69) is 10.3 Å². The molecule has 0 bridgehead atoms. The smallest absolute Gasteiger partial charge is 0.223 e. The number of thiazole rings is 1. The molecule has 0 aliphatic rings. The monoisotopic (exact) mass is 278 g/mol. The minimum atomic E-state index is 0.0376. The number of nitrogens with zero attached hydrogens (tertiary/aromatic N) is 1. The fraction of sp³-hybridized carbons (Fsp3) is 0.429. The lowest BCUT2D eigenvalue weighted by atomic mass is 10.1. The van der Waals surface area contributed by atoms with E-state index in [0.717, 1.165) is 28.6 Å². The molecule has 2 aromatic heterocycles. The van der Waals surface area contributed by atoms with Gasteiger partial charge >= 0.3 is 0 Å². The van der Waals surface area contributed by atoms with Crippen LogP contribution in [-0.4, -0.2) is 10.9 Å². The third-order valence-corrected chi connectivity index (χ3v) is 3.80. The van der Waals surface area contributed by atoms with Crippen molar-refractivity contribution in [3.8, 4) is 11.5 Å². The van der Waals surface area contributed by atoms with Gasteiger partial charge in [-0.1, -0.05) is 13.8 Å². The maximum absolute atomic E-state index is 11.7. The summed E-state index contributed by atoms with van der Waals surface area (Å²) in [4.78, 5) is 16.0. The van der Waals surface area contributed by atoms with Crippen LogP contribution in [0, 0.1) is 12.8 Å². The largest absolute Gasteiger partial charge is 0.458 e. The van der Waals surface area contributed by atoms with E-state index in [4.69, 9.17) is 4.42 Å². The summed E-state index contributed by atoms with van der Waals surface area (Å²) in [6, 6.07) is 3.76. The number of carbonyl (C=O) groups is 1. The Bertz CT molecular complexity index is 559. The second-order valence-corrected chi connectivity index (χ2v) is 5.61. The molecular weight excluding hydrogens is 260 g/mol. The highest BCUT2D eigenvalue weighted by atomic mass is 32.1. The van der Waals surface area contributed by atoms with E-state index >= 15 is 0 Å². The molecule has 2 rings (SSSR count). The van der Waals surface area contributed by atoms with Crippen LogP contribution >= 0.6 is 11.3 Å². The summed E-state index contributed by atoms with van der Waals surface area (Å²) < 4.78 is 5.68. The van der Waals surface area contributed by atoms with Gasteiger partial charge in [0.15, 0.2) is 5.76 Å². The number of carbonyl (C=O) groups excluding carboxylic acids is 1. The van der Waals surface area contributed by atoms with Crippen molar-refractivity contribution in [2.75, 3.05) is 0 Å².